The summed E-state index contributed by atoms with van der Waals surface area (Å²) in [5, 5.41) is 6.05. The summed E-state index contributed by atoms with van der Waals surface area (Å²) in [6.07, 6.45) is -0.126. The zero-order chi connectivity index (χ0) is 18.2. The van der Waals surface area contributed by atoms with Crippen LogP contribution in [0.3, 0.4) is 0 Å². The minimum Gasteiger partial charge on any atom is -0.493 e. The first-order valence-electron chi connectivity index (χ1n) is 7.63. The molecule has 0 saturated heterocycles. The van der Waals surface area contributed by atoms with Gasteiger partial charge in [0.1, 0.15) is 5.75 Å². The van der Waals surface area contributed by atoms with Crippen LogP contribution in [0.4, 0.5) is 14.5 Å². The normalized spacial score (nSPS) is 17.5. The number of nitrogens with one attached hydrogen (secondary N) is 1. The van der Waals surface area contributed by atoms with Crippen LogP contribution in [0.25, 0.3) is 11.1 Å². The van der Waals surface area contributed by atoms with Crippen LogP contribution >= 0.6 is 0 Å². The van der Waals surface area contributed by atoms with E-state index in [-0.39, 0.29) is 5.69 Å². The Bertz CT molecular complexity index is 894. The van der Waals surface area contributed by atoms with Gasteiger partial charge in [0.25, 0.3) is 10.0 Å². The summed E-state index contributed by atoms with van der Waals surface area (Å²) >= 11 is 0. The first-order valence-corrected chi connectivity index (χ1v) is 9.12. The van der Waals surface area contributed by atoms with Crippen molar-refractivity contribution in [2.75, 3.05) is 11.3 Å². The highest BCUT2D eigenvalue weighted by molar-refractivity contribution is 7.93. The van der Waals surface area contributed by atoms with Crippen LogP contribution in [0.2, 0.25) is 0 Å². The van der Waals surface area contributed by atoms with Gasteiger partial charge >= 0.3 is 5.25 Å². The van der Waals surface area contributed by atoms with Crippen molar-refractivity contribution in [3.8, 4) is 16.9 Å². The summed E-state index contributed by atoms with van der Waals surface area (Å²) in [5.41, 5.74) is 1.71. The van der Waals surface area contributed by atoms with Crippen molar-refractivity contribution in [1.29, 1.82) is 0 Å². The predicted molar refractivity (Wildman–Crippen MR) is 90.1 cm³/mol. The average molecular weight is 369 g/mol. The molecule has 5 nitrogen and oxygen atoms in total. The molecule has 0 bridgehead atoms. The number of fused-ring (bicyclic) bond motifs is 1. The molecular formula is C17H17F2NO4S. The molecule has 25 heavy (non-hydrogen) atoms. The van der Waals surface area contributed by atoms with Crippen molar-refractivity contribution in [3.05, 3.63) is 48.0 Å². The summed E-state index contributed by atoms with van der Waals surface area (Å²) in [6, 6.07) is 11.3. The third kappa shape index (κ3) is 3.45. The molecule has 3 rings (SSSR count). The molecule has 0 aromatic heterocycles. The summed E-state index contributed by atoms with van der Waals surface area (Å²) in [5.74, 6) is 0.495. The average Bonchev–Trinajstić information content (AvgIpc) is 2.54. The van der Waals surface area contributed by atoms with E-state index in [9.17, 15) is 22.3 Å². The molecule has 0 radical (unpaired) electrons. The highest BCUT2D eigenvalue weighted by atomic mass is 32.2. The Morgan fingerprint density at radius 2 is 1.96 bits per heavy atom. The van der Waals surface area contributed by atoms with E-state index < -0.39 is 21.4 Å². The number of alkyl halides is 2. The number of aliphatic hydroxyl groups is 1. The number of anilines is 1. The Kier molecular flexibility index (Phi) is 4.42. The fourth-order valence-corrected chi connectivity index (χ4v) is 3.24. The lowest BCUT2D eigenvalue weighted by molar-refractivity contribution is 0.115. The summed E-state index contributed by atoms with van der Waals surface area (Å²) in [6.45, 7) is 0.694. The van der Waals surface area contributed by atoms with Crippen LogP contribution in [-0.4, -0.2) is 25.4 Å². The zero-order valence-corrected chi connectivity index (χ0v) is 14.2. The molecule has 1 heterocycles. The molecule has 1 aliphatic heterocycles. The first kappa shape index (κ1) is 17.6. The second-order valence-corrected chi connectivity index (χ2v) is 7.79. The van der Waals surface area contributed by atoms with Gasteiger partial charge in [-0.1, -0.05) is 30.3 Å². The van der Waals surface area contributed by atoms with Crippen molar-refractivity contribution < 1.29 is 27.0 Å². The highest BCUT2D eigenvalue weighted by Crippen LogP contribution is 2.38. The van der Waals surface area contributed by atoms with Gasteiger partial charge in [-0.15, -0.1) is 0 Å². The van der Waals surface area contributed by atoms with Gasteiger partial charge < -0.3 is 9.84 Å². The maximum absolute atomic E-state index is 13.3. The van der Waals surface area contributed by atoms with Gasteiger partial charge in [-0.25, -0.2) is 8.42 Å². The van der Waals surface area contributed by atoms with Gasteiger partial charge in [0.2, 0.25) is 0 Å². The largest absolute Gasteiger partial charge is 0.493 e. The molecule has 1 aliphatic rings. The van der Waals surface area contributed by atoms with E-state index in [1.54, 1.807) is 36.4 Å². The smallest absolute Gasteiger partial charge is 0.361 e. The molecule has 2 aromatic carbocycles. The fourth-order valence-electron chi connectivity index (χ4n) is 2.60. The Morgan fingerprint density at radius 3 is 2.68 bits per heavy atom. The molecule has 0 fully saturated rings. The quantitative estimate of drug-likeness (QED) is 0.865. The van der Waals surface area contributed by atoms with Gasteiger partial charge in [0, 0.05) is 24.5 Å². The topological polar surface area (TPSA) is 75.6 Å². The standard InChI is InChI=1S/C17H17F2NO4S/c1-17(18,19)25(22,23)20-14-5-3-2-4-12(14)11-6-7-13-15(21)8-9-24-16(13)10-11/h2-7,10,15,20-21H,8-9H2,1H3. The van der Waals surface area contributed by atoms with E-state index in [1.807, 2.05) is 4.72 Å². The molecule has 2 N–H and O–H groups in total. The van der Waals surface area contributed by atoms with E-state index in [4.69, 9.17) is 4.74 Å². The minimum atomic E-state index is -4.86. The molecular weight excluding hydrogens is 352 g/mol. The van der Waals surface area contributed by atoms with E-state index in [1.165, 1.54) is 6.07 Å². The second-order valence-electron chi connectivity index (χ2n) is 5.86. The van der Waals surface area contributed by atoms with E-state index in [2.05, 4.69) is 0 Å². The van der Waals surface area contributed by atoms with Gasteiger partial charge in [0.15, 0.2) is 0 Å². The van der Waals surface area contributed by atoms with Crippen LogP contribution in [0.1, 0.15) is 25.0 Å². The zero-order valence-electron chi connectivity index (χ0n) is 13.4. The summed E-state index contributed by atoms with van der Waals surface area (Å²) in [4.78, 5) is 0. The fraction of sp³-hybridized carbons (Fsp3) is 0.294. The molecule has 134 valence electrons. The van der Waals surface area contributed by atoms with E-state index in [0.717, 1.165) is 0 Å². The van der Waals surface area contributed by atoms with Crippen LogP contribution < -0.4 is 9.46 Å². The number of aliphatic hydroxyl groups excluding tert-OH is 1. The van der Waals surface area contributed by atoms with Crippen molar-refractivity contribution in [2.24, 2.45) is 0 Å². The Morgan fingerprint density at radius 1 is 1.24 bits per heavy atom. The molecule has 0 amide bonds. The predicted octanol–water partition coefficient (Wildman–Crippen LogP) is 3.52. The number of hydrogen-bond donors (Lipinski definition) is 2. The van der Waals surface area contributed by atoms with Gasteiger partial charge in [-0.2, -0.15) is 8.78 Å². The SMILES string of the molecule is CC(F)(F)S(=O)(=O)Nc1ccccc1-c1ccc2c(c1)OCCC2O. The Balaban J connectivity index is 2.02. The molecule has 1 atom stereocenters. The van der Waals surface area contributed by atoms with Gasteiger partial charge in [0.05, 0.1) is 18.4 Å². The van der Waals surface area contributed by atoms with Crippen LogP contribution in [0.15, 0.2) is 42.5 Å². The number of halogens is 2. The number of hydrogen-bond acceptors (Lipinski definition) is 4. The Hall–Kier alpha value is -2.19. The molecule has 2 aromatic rings. The third-order valence-corrected chi connectivity index (χ3v) is 5.41. The molecule has 0 saturated carbocycles. The molecule has 0 spiro atoms. The summed E-state index contributed by atoms with van der Waals surface area (Å²) < 4.78 is 57.6. The second kappa shape index (κ2) is 6.27. The molecule has 0 aliphatic carbocycles. The first-order chi connectivity index (χ1) is 11.7. The van der Waals surface area contributed by atoms with Crippen molar-refractivity contribution in [3.63, 3.8) is 0 Å². The van der Waals surface area contributed by atoms with E-state index >= 15 is 0 Å². The maximum Gasteiger partial charge on any atom is 0.361 e. The number of sulfonamides is 1. The molecule has 8 heteroatoms. The van der Waals surface area contributed by atoms with Crippen molar-refractivity contribution in [1.82, 2.24) is 0 Å². The number of rotatable bonds is 4. The van der Waals surface area contributed by atoms with Crippen molar-refractivity contribution >= 4 is 15.7 Å². The number of benzene rings is 2. The van der Waals surface area contributed by atoms with Gasteiger partial charge in [-0.3, -0.25) is 4.72 Å². The maximum atomic E-state index is 13.3. The third-order valence-electron chi connectivity index (χ3n) is 3.98. The Labute approximate surface area is 144 Å². The number of ether oxygens (including phenoxy) is 1. The van der Waals surface area contributed by atoms with Crippen LogP contribution in [0.5, 0.6) is 5.75 Å². The highest BCUT2D eigenvalue weighted by Gasteiger charge is 2.39. The van der Waals surface area contributed by atoms with Crippen LogP contribution in [-0.2, 0) is 10.0 Å². The van der Waals surface area contributed by atoms with Gasteiger partial charge in [-0.05, 0) is 17.7 Å². The number of para-hydroxylation sites is 1. The van der Waals surface area contributed by atoms with E-state index in [0.29, 0.717) is 42.4 Å². The minimum absolute atomic E-state index is 0.0420. The van der Waals surface area contributed by atoms with Crippen LogP contribution in [0, 0.1) is 0 Å². The molecule has 1 unspecified atom stereocenters. The lowest BCUT2D eigenvalue weighted by Gasteiger charge is -2.23. The lowest BCUT2D eigenvalue weighted by atomic mass is 9.97. The lowest BCUT2D eigenvalue weighted by Crippen LogP contribution is -2.31. The summed E-state index contributed by atoms with van der Waals surface area (Å²) in [7, 11) is -4.86. The van der Waals surface area contributed by atoms with Crippen molar-refractivity contribution in [2.45, 2.75) is 24.7 Å². The monoisotopic (exact) mass is 369 g/mol.